The Kier molecular flexibility index (Phi) is 6.77. The first-order chi connectivity index (χ1) is 9.54. The fraction of sp³-hybridized carbons (Fsp3) is 0.500. The quantitative estimate of drug-likeness (QED) is 0.620. The van der Waals surface area contributed by atoms with E-state index in [1.54, 1.807) is 6.07 Å². The Hall–Kier alpha value is -1.84. The van der Waals surface area contributed by atoms with Crippen molar-refractivity contribution >= 4 is 17.5 Å². The number of amides is 2. The number of hydrogen-bond donors (Lipinski definition) is 2. The van der Waals surface area contributed by atoms with Gasteiger partial charge >= 0.3 is 11.8 Å². The summed E-state index contributed by atoms with van der Waals surface area (Å²) in [6, 6.07) is 5.59. The number of anilines is 1. The third-order valence-electron chi connectivity index (χ3n) is 3.29. The summed E-state index contributed by atoms with van der Waals surface area (Å²) in [5.74, 6) is -1.18. The van der Waals surface area contributed by atoms with Crippen LogP contribution in [0.1, 0.15) is 43.7 Å². The van der Waals surface area contributed by atoms with Gasteiger partial charge in [-0.3, -0.25) is 9.59 Å². The Morgan fingerprint density at radius 1 is 1.00 bits per heavy atom. The molecule has 0 aliphatic heterocycles. The maximum Gasteiger partial charge on any atom is 0.313 e. The zero-order chi connectivity index (χ0) is 15.0. The molecule has 0 bridgehead atoms. The SMILES string of the molecule is CCCCCCNC(=O)C(=O)Nc1ccc(C)c(C)c1. The van der Waals surface area contributed by atoms with Gasteiger partial charge in [-0.15, -0.1) is 0 Å². The van der Waals surface area contributed by atoms with E-state index in [9.17, 15) is 9.59 Å². The molecule has 0 heterocycles. The summed E-state index contributed by atoms with van der Waals surface area (Å²) in [6.07, 6.45) is 4.30. The number of carbonyl (C=O) groups is 2. The van der Waals surface area contributed by atoms with E-state index in [-0.39, 0.29) is 0 Å². The molecular formula is C16H24N2O2. The van der Waals surface area contributed by atoms with E-state index in [1.165, 1.54) is 0 Å². The minimum absolute atomic E-state index is 0.555. The Bertz CT molecular complexity index is 470. The summed E-state index contributed by atoms with van der Waals surface area (Å²) in [7, 11) is 0. The third-order valence-corrected chi connectivity index (χ3v) is 3.29. The van der Waals surface area contributed by atoms with Crippen molar-refractivity contribution in [3.8, 4) is 0 Å². The molecule has 4 heteroatoms. The zero-order valence-electron chi connectivity index (χ0n) is 12.6. The van der Waals surface area contributed by atoms with E-state index >= 15 is 0 Å². The number of hydrogen-bond acceptors (Lipinski definition) is 2. The molecule has 0 saturated heterocycles. The molecule has 110 valence electrons. The second kappa shape index (κ2) is 8.35. The number of rotatable bonds is 6. The summed E-state index contributed by atoms with van der Waals surface area (Å²) >= 11 is 0. The Balaban J connectivity index is 2.37. The normalized spacial score (nSPS) is 10.2. The first-order valence-electron chi connectivity index (χ1n) is 7.21. The van der Waals surface area contributed by atoms with E-state index in [0.29, 0.717) is 12.2 Å². The van der Waals surface area contributed by atoms with Gasteiger partial charge in [-0.2, -0.15) is 0 Å². The summed E-state index contributed by atoms with van der Waals surface area (Å²) in [6.45, 7) is 6.66. The van der Waals surface area contributed by atoms with Crippen molar-refractivity contribution < 1.29 is 9.59 Å². The highest BCUT2D eigenvalue weighted by Gasteiger charge is 2.12. The molecule has 1 aromatic carbocycles. The molecule has 0 fully saturated rings. The molecule has 0 aliphatic rings. The molecule has 0 radical (unpaired) electrons. The highest BCUT2D eigenvalue weighted by Crippen LogP contribution is 2.13. The van der Waals surface area contributed by atoms with Gasteiger partial charge in [0.2, 0.25) is 0 Å². The van der Waals surface area contributed by atoms with Crippen molar-refractivity contribution in [2.45, 2.75) is 46.5 Å². The molecule has 2 N–H and O–H groups in total. The lowest BCUT2D eigenvalue weighted by atomic mass is 10.1. The smallest absolute Gasteiger partial charge is 0.313 e. The van der Waals surface area contributed by atoms with Crippen LogP contribution in [0, 0.1) is 13.8 Å². The standard InChI is InChI=1S/C16H24N2O2/c1-4-5-6-7-10-17-15(19)16(20)18-14-9-8-12(2)13(3)11-14/h8-9,11H,4-7,10H2,1-3H3,(H,17,19)(H,18,20). The topological polar surface area (TPSA) is 58.2 Å². The van der Waals surface area contributed by atoms with Gasteiger partial charge < -0.3 is 10.6 Å². The number of aryl methyl sites for hydroxylation is 2. The summed E-state index contributed by atoms with van der Waals surface area (Å²) in [5, 5.41) is 5.25. The number of unbranched alkanes of at least 4 members (excludes halogenated alkanes) is 3. The summed E-state index contributed by atoms with van der Waals surface area (Å²) in [5.41, 5.74) is 2.89. The summed E-state index contributed by atoms with van der Waals surface area (Å²) < 4.78 is 0. The molecule has 20 heavy (non-hydrogen) atoms. The number of nitrogens with one attached hydrogen (secondary N) is 2. The largest absolute Gasteiger partial charge is 0.348 e. The zero-order valence-corrected chi connectivity index (χ0v) is 12.6. The van der Waals surface area contributed by atoms with Crippen LogP contribution in [0.3, 0.4) is 0 Å². The van der Waals surface area contributed by atoms with Crippen LogP contribution in [0.5, 0.6) is 0 Å². The van der Waals surface area contributed by atoms with E-state index in [4.69, 9.17) is 0 Å². The predicted octanol–water partition coefficient (Wildman–Crippen LogP) is 2.94. The molecule has 0 aromatic heterocycles. The molecule has 0 saturated carbocycles. The molecule has 4 nitrogen and oxygen atoms in total. The monoisotopic (exact) mass is 276 g/mol. The van der Waals surface area contributed by atoms with Crippen molar-refractivity contribution in [2.24, 2.45) is 0 Å². The van der Waals surface area contributed by atoms with E-state index in [1.807, 2.05) is 26.0 Å². The van der Waals surface area contributed by atoms with Crippen LogP contribution < -0.4 is 10.6 Å². The van der Waals surface area contributed by atoms with Crippen molar-refractivity contribution in [3.63, 3.8) is 0 Å². The number of carbonyl (C=O) groups excluding carboxylic acids is 2. The second-order valence-corrected chi connectivity index (χ2v) is 5.07. The summed E-state index contributed by atoms with van der Waals surface area (Å²) in [4.78, 5) is 23.3. The van der Waals surface area contributed by atoms with Crippen molar-refractivity contribution in [2.75, 3.05) is 11.9 Å². The molecular weight excluding hydrogens is 252 g/mol. The Labute approximate surface area is 121 Å². The van der Waals surface area contributed by atoms with E-state index in [0.717, 1.165) is 36.8 Å². The van der Waals surface area contributed by atoms with Crippen LogP contribution in [-0.4, -0.2) is 18.4 Å². The molecule has 0 aliphatic carbocycles. The van der Waals surface area contributed by atoms with Crippen LogP contribution in [-0.2, 0) is 9.59 Å². The van der Waals surface area contributed by atoms with Gasteiger partial charge in [0.1, 0.15) is 0 Å². The van der Waals surface area contributed by atoms with Gasteiger partial charge in [-0.1, -0.05) is 32.3 Å². The maximum atomic E-state index is 11.7. The van der Waals surface area contributed by atoms with Gasteiger partial charge in [0.25, 0.3) is 0 Å². The van der Waals surface area contributed by atoms with Crippen LogP contribution in [0.4, 0.5) is 5.69 Å². The molecule has 2 amide bonds. The highest BCUT2D eigenvalue weighted by atomic mass is 16.2. The van der Waals surface area contributed by atoms with Gasteiger partial charge in [-0.05, 0) is 43.5 Å². The second-order valence-electron chi connectivity index (χ2n) is 5.07. The molecule has 1 aromatic rings. The molecule has 1 rings (SSSR count). The van der Waals surface area contributed by atoms with E-state index < -0.39 is 11.8 Å². The minimum Gasteiger partial charge on any atom is -0.348 e. The van der Waals surface area contributed by atoms with Gasteiger partial charge in [0.15, 0.2) is 0 Å². The fourth-order valence-electron chi connectivity index (χ4n) is 1.84. The lowest BCUT2D eigenvalue weighted by Crippen LogP contribution is -2.35. The third kappa shape index (κ3) is 5.43. The van der Waals surface area contributed by atoms with Crippen LogP contribution in [0.15, 0.2) is 18.2 Å². The lowest BCUT2D eigenvalue weighted by Gasteiger charge is -2.08. The Morgan fingerprint density at radius 3 is 2.40 bits per heavy atom. The van der Waals surface area contributed by atoms with Crippen molar-refractivity contribution in [1.82, 2.24) is 5.32 Å². The van der Waals surface area contributed by atoms with Crippen LogP contribution >= 0.6 is 0 Å². The first kappa shape index (κ1) is 16.2. The van der Waals surface area contributed by atoms with Crippen LogP contribution in [0.25, 0.3) is 0 Å². The molecule has 0 atom stereocenters. The van der Waals surface area contributed by atoms with Gasteiger partial charge in [0.05, 0.1) is 0 Å². The lowest BCUT2D eigenvalue weighted by molar-refractivity contribution is -0.136. The molecule has 0 unspecified atom stereocenters. The average molecular weight is 276 g/mol. The Morgan fingerprint density at radius 2 is 1.75 bits per heavy atom. The number of benzene rings is 1. The van der Waals surface area contributed by atoms with Crippen molar-refractivity contribution in [3.05, 3.63) is 29.3 Å². The first-order valence-corrected chi connectivity index (χ1v) is 7.21. The highest BCUT2D eigenvalue weighted by molar-refractivity contribution is 6.39. The van der Waals surface area contributed by atoms with Crippen molar-refractivity contribution in [1.29, 1.82) is 0 Å². The molecule has 0 spiro atoms. The predicted molar refractivity (Wildman–Crippen MR) is 81.7 cm³/mol. The maximum absolute atomic E-state index is 11.7. The van der Waals surface area contributed by atoms with E-state index in [2.05, 4.69) is 17.6 Å². The minimum atomic E-state index is -0.608. The average Bonchev–Trinajstić information content (AvgIpc) is 2.42. The fourth-order valence-corrected chi connectivity index (χ4v) is 1.84. The van der Waals surface area contributed by atoms with Crippen LogP contribution in [0.2, 0.25) is 0 Å². The van der Waals surface area contributed by atoms with Gasteiger partial charge in [-0.25, -0.2) is 0 Å². The van der Waals surface area contributed by atoms with Gasteiger partial charge in [0, 0.05) is 12.2 Å².